The monoisotopic (exact) mass is 312 g/mol. The summed E-state index contributed by atoms with van der Waals surface area (Å²) in [6.45, 7) is 6.22. The molecule has 100 valence electrons. The number of aryl methyl sites for hydroxylation is 1. The van der Waals surface area contributed by atoms with Gasteiger partial charge in [-0.25, -0.2) is 0 Å². The molecule has 1 aliphatic rings. The number of ether oxygens (including phenoxy) is 1. The van der Waals surface area contributed by atoms with Crippen LogP contribution in [0.1, 0.15) is 25.3 Å². The summed E-state index contributed by atoms with van der Waals surface area (Å²) in [4.78, 5) is 2.38. The molecule has 18 heavy (non-hydrogen) atoms. The molecule has 2 rings (SSSR count). The highest BCUT2D eigenvalue weighted by atomic mass is 79.9. The predicted octanol–water partition coefficient (Wildman–Crippen LogP) is 3.35. The summed E-state index contributed by atoms with van der Waals surface area (Å²) in [7, 11) is 1.80. The van der Waals surface area contributed by atoms with Crippen LogP contribution in [0.25, 0.3) is 0 Å². The molecule has 1 saturated heterocycles. The van der Waals surface area contributed by atoms with Gasteiger partial charge < -0.3 is 15.4 Å². The lowest BCUT2D eigenvalue weighted by molar-refractivity contribution is -0.00468. The fourth-order valence-corrected chi connectivity index (χ4v) is 3.11. The number of rotatable bonds is 2. The summed E-state index contributed by atoms with van der Waals surface area (Å²) in [5, 5.41) is 0. The molecule has 1 heterocycles. The highest BCUT2D eigenvalue weighted by molar-refractivity contribution is 9.10. The number of nitrogens with two attached hydrogens (primary N) is 1. The van der Waals surface area contributed by atoms with E-state index in [1.807, 2.05) is 13.0 Å². The number of methoxy groups -OCH3 is 1. The third-order valence-corrected chi connectivity index (χ3v) is 4.46. The van der Waals surface area contributed by atoms with Crippen molar-refractivity contribution in [1.82, 2.24) is 0 Å². The first-order valence-corrected chi connectivity index (χ1v) is 7.10. The van der Waals surface area contributed by atoms with E-state index in [9.17, 15) is 0 Å². The van der Waals surface area contributed by atoms with E-state index in [1.54, 1.807) is 7.11 Å². The minimum Gasteiger partial charge on any atom is -0.398 e. The Balaban J connectivity index is 2.29. The van der Waals surface area contributed by atoms with Crippen molar-refractivity contribution in [2.75, 3.05) is 30.8 Å². The molecule has 4 heteroatoms. The van der Waals surface area contributed by atoms with E-state index < -0.39 is 0 Å². The normalized spacial score (nSPS) is 24.3. The van der Waals surface area contributed by atoms with Crippen molar-refractivity contribution in [3.63, 3.8) is 0 Å². The molecule has 1 unspecified atom stereocenters. The molecule has 0 bridgehead atoms. The Kier molecular flexibility index (Phi) is 3.87. The van der Waals surface area contributed by atoms with Gasteiger partial charge in [-0.3, -0.25) is 0 Å². The van der Waals surface area contributed by atoms with Crippen molar-refractivity contribution in [2.45, 2.75) is 32.3 Å². The topological polar surface area (TPSA) is 38.5 Å². The van der Waals surface area contributed by atoms with Gasteiger partial charge in [-0.15, -0.1) is 0 Å². The lowest BCUT2D eigenvalue weighted by Gasteiger charge is -2.41. The smallest absolute Gasteiger partial charge is 0.0825 e. The van der Waals surface area contributed by atoms with Gasteiger partial charge in [0.15, 0.2) is 0 Å². The van der Waals surface area contributed by atoms with Gasteiger partial charge >= 0.3 is 0 Å². The number of piperidine rings is 1. The summed E-state index contributed by atoms with van der Waals surface area (Å²) < 4.78 is 6.70. The van der Waals surface area contributed by atoms with Gasteiger partial charge in [-0.2, -0.15) is 0 Å². The van der Waals surface area contributed by atoms with Crippen LogP contribution in [0.4, 0.5) is 11.4 Å². The molecule has 0 saturated carbocycles. The van der Waals surface area contributed by atoms with E-state index >= 15 is 0 Å². The van der Waals surface area contributed by atoms with E-state index in [1.165, 1.54) is 5.69 Å². The molecular weight excluding hydrogens is 292 g/mol. The second-order valence-corrected chi connectivity index (χ2v) is 6.19. The van der Waals surface area contributed by atoms with Crippen molar-refractivity contribution < 1.29 is 4.74 Å². The van der Waals surface area contributed by atoms with Gasteiger partial charge in [0.25, 0.3) is 0 Å². The van der Waals surface area contributed by atoms with Crippen LogP contribution in [0.2, 0.25) is 0 Å². The van der Waals surface area contributed by atoms with Crippen LogP contribution >= 0.6 is 15.9 Å². The molecule has 1 atom stereocenters. The van der Waals surface area contributed by atoms with E-state index in [4.69, 9.17) is 10.5 Å². The van der Waals surface area contributed by atoms with Crippen molar-refractivity contribution in [2.24, 2.45) is 0 Å². The SMILES string of the molecule is COC1(C)CCCN(c2cc(C)c(N)cc2Br)C1. The molecule has 1 aromatic rings. The number of nitrogens with zero attached hydrogens (tertiary/aromatic N) is 1. The van der Waals surface area contributed by atoms with Gasteiger partial charge in [-0.05, 0) is 60.3 Å². The molecule has 3 nitrogen and oxygen atoms in total. The zero-order chi connectivity index (χ0) is 13.3. The zero-order valence-electron chi connectivity index (χ0n) is 11.3. The van der Waals surface area contributed by atoms with Crippen molar-refractivity contribution in [1.29, 1.82) is 0 Å². The number of anilines is 2. The lowest BCUT2D eigenvalue weighted by Crippen LogP contribution is -2.47. The number of benzene rings is 1. The third kappa shape index (κ3) is 2.64. The molecule has 1 aliphatic heterocycles. The van der Waals surface area contributed by atoms with Crippen LogP contribution < -0.4 is 10.6 Å². The van der Waals surface area contributed by atoms with Gasteiger partial charge in [0.2, 0.25) is 0 Å². The molecule has 1 aromatic carbocycles. The quantitative estimate of drug-likeness (QED) is 0.851. The van der Waals surface area contributed by atoms with Crippen LogP contribution in [0.3, 0.4) is 0 Å². The highest BCUT2D eigenvalue weighted by Gasteiger charge is 2.31. The number of halogens is 1. The molecular formula is C14H21BrN2O. The third-order valence-electron chi connectivity index (χ3n) is 3.83. The van der Waals surface area contributed by atoms with Crippen LogP contribution in [0, 0.1) is 6.92 Å². The summed E-state index contributed by atoms with van der Waals surface area (Å²) in [6.07, 6.45) is 2.27. The number of hydrogen-bond acceptors (Lipinski definition) is 3. The minimum atomic E-state index is -0.0486. The maximum atomic E-state index is 5.93. The summed E-state index contributed by atoms with van der Waals surface area (Å²) >= 11 is 3.61. The van der Waals surface area contributed by atoms with Crippen molar-refractivity contribution in [3.05, 3.63) is 22.2 Å². The zero-order valence-corrected chi connectivity index (χ0v) is 12.9. The van der Waals surface area contributed by atoms with E-state index in [0.29, 0.717) is 0 Å². The van der Waals surface area contributed by atoms with Gasteiger partial charge in [0, 0.05) is 30.4 Å². The second-order valence-electron chi connectivity index (χ2n) is 5.34. The molecule has 0 aliphatic carbocycles. The van der Waals surface area contributed by atoms with Crippen molar-refractivity contribution >= 4 is 27.3 Å². The van der Waals surface area contributed by atoms with Gasteiger partial charge in [0.05, 0.1) is 11.3 Å². The molecule has 0 radical (unpaired) electrons. The Morgan fingerprint density at radius 3 is 2.83 bits per heavy atom. The van der Waals surface area contributed by atoms with E-state index in [-0.39, 0.29) is 5.60 Å². The molecule has 0 aromatic heterocycles. The summed E-state index contributed by atoms with van der Waals surface area (Å²) in [5.74, 6) is 0. The first-order valence-electron chi connectivity index (χ1n) is 6.31. The van der Waals surface area contributed by atoms with Crippen molar-refractivity contribution in [3.8, 4) is 0 Å². The van der Waals surface area contributed by atoms with Crippen LogP contribution in [-0.2, 0) is 4.74 Å². The Morgan fingerprint density at radius 2 is 2.17 bits per heavy atom. The maximum Gasteiger partial charge on any atom is 0.0825 e. The molecule has 0 amide bonds. The lowest BCUT2D eigenvalue weighted by atomic mass is 9.94. The standard InChI is InChI=1S/C14H21BrN2O/c1-10-7-13(11(15)8-12(10)16)17-6-4-5-14(2,9-17)18-3/h7-8H,4-6,9,16H2,1-3H3. The molecule has 1 fully saturated rings. The average Bonchev–Trinajstić information content (AvgIpc) is 2.34. The maximum absolute atomic E-state index is 5.93. The van der Waals surface area contributed by atoms with E-state index in [2.05, 4.69) is 33.8 Å². The first kappa shape index (κ1) is 13.7. The fourth-order valence-electron chi connectivity index (χ4n) is 2.50. The molecule has 0 spiro atoms. The Bertz CT molecular complexity index is 450. The van der Waals surface area contributed by atoms with Gasteiger partial charge in [0.1, 0.15) is 0 Å². The molecule has 2 N–H and O–H groups in total. The summed E-state index contributed by atoms with van der Waals surface area (Å²) in [5.41, 5.74) is 9.04. The van der Waals surface area contributed by atoms with Crippen LogP contribution in [0.5, 0.6) is 0 Å². The van der Waals surface area contributed by atoms with Crippen LogP contribution in [0.15, 0.2) is 16.6 Å². The van der Waals surface area contributed by atoms with Gasteiger partial charge in [-0.1, -0.05) is 0 Å². The fraction of sp³-hybridized carbons (Fsp3) is 0.571. The number of nitrogen functional groups attached to an aromatic ring is 1. The van der Waals surface area contributed by atoms with E-state index in [0.717, 1.165) is 41.7 Å². The Morgan fingerprint density at radius 1 is 1.44 bits per heavy atom. The Labute approximate surface area is 117 Å². The first-order chi connectivity index (χ1) is 8.45. The predicted molar refractivity (Wildman–Crippen MR) is 80.2 cm³/mol. The minimum absolute atomic E-state index is 0.0486. The average molecular weight is 313 g/mol. The summed E-state index contributed by atoms with van der Waals surface area (Å²) in [6, 6.07) is 4.14. The second kappa shape index (κ2) is 5.10. The van der Waals surface area contributed by atoms with Crippen LogP contribution in [-0.4, -0.2) is 25.8 Å². The number of hydrogen-bond donors (Lipinski definition) is 1. The highest BCUT2D eigenvalue weighted by Crippen LogP contribution is 2.35. The Hall–Kier alpha value is -0.740. The largest absolute Gasteiger partial charge is 0.398 e.